The summed E-state index contributed by atoms with van der Waals surface area (Å²) in [6, 6.07) is 6.17. The number of halogens is 2. The highest BCUT2D eigenvalue weighted by Crippen LogP contribution is 2.38. The van der Waals surface area contributed by atoms with Crippen molar-refractivity contribution >= 4 is 46.8 Å². The van der Waals surface area contributed by atoms with Gasteiger partial charge in [0.2, 0.25) is 0 Å². The third-order valence-electron chi connectivity index (χ3n) is 3.07. The van der Waals surface area contributed by atoms with Gasteiger partial charge < -0.3 is 4.43 Å². The molecule has 0 radical (unpaired) electrons. The van der Waals surface area contributed by atoms with Crippen LogP contribution in [0.5, 0.6) is 5.75 Å². The number of benzene rings is 1. The predicted molar refractivity (Wildman–Crippen MR) is 84.7 cm³/mol. The minimum atomic E-state index is -1.71. The van der Waals surface area contributed by atoms with Crippen molar-refractivity contribution in [3.63, 3.8) is 0 Å². The molecule has 0 fully saturated rings. The van der Waals surface area contributed by atoms with E-state index in [1.165, 1.54) is 0 Å². The highest BCUT2D eigenvalue weighted by atomic mass is 127. The van der Waals surface area contributed by atoms with E-state index in [1.807, 2.05) is 12.1 Å². The first-order valence-corrected chi connectivity index (χ1v) is 10.1. The lowest BCUT2D eigenvalue weighted by atomic mass is 10.2. The molecule has 0 saturated heterocycles. The number of hydrogen-bond acceptors (Lipinski definition) is 1. The molecular weight excluding hydrogens is 395 g/mol. The summed E-state index contributed by atoms with van der Waals surface area (Å²) in [5.74, 6) is 1.01. The fraction of sp³-hybridized carbons (Fsp3) is 0.500. The van der Waals surface area contributed by atoms with Crippen LogP contribution in [-0.2, 0) is 0 Å². The molecule has 0 saturated carbocycles. The van der Waals surface area contributed by atoms with Gasteiger partial charge in [-0.05, 0) is 58.9 Å². The molecule has 16 heavy (non-hydrogen) atoms. The van der Waals surface area contributed by atoms with Crippen LogP contribution in [-0.4, -0.2) is 8.32 Å². The highest BCUT2D eigenvalue weighted by molar-refractivity contribution is 14.1. The predicted octanol–water partition coefficient (Wildman–Crippen LogP) is 5.44. The zero-order valence-electron chi connectivity index (χ0n) is 10.4. The number of rotatable bonds is 2. The van der Waals surface area contributed by atoms with E-state index >= 15 is 0 Å². The van der Waals surface area contributed by atoms with E-state index in [9.17, 15) is 0 Å². The first-order chi connectivity index (χ1) is 7.13. The number of hydrogen-bond donors (Lipinski definition) is 0. The normalized spacial score (nSPS) is 12.7. The van der Waals surface area contributed by atoms with Crippen molar-refractivity contribution in [2.45, 2.75) is 38.9 Å². The molecule has 4 heteroatoms. The molecule has 0 atom stereocenters. The first-order valence-electron chi connectivity index (χ1n) is 5.27. The summed E-state index contributed by atoms with van der Waals surface area (Å²) in [7, 11) is -1.71. The van der Waals surface area contributed by atoms with Crippen molar-refractivity contribution in [2.75, 3.05) is 0 Å². The Morgan fingerprint density at radius 1 is 1.25 bits per heavy atom. The molecule has 0 unspecified atom stereocenters. The van der Waals surface area contributed by atoms with Crippen LogP contribution >= 0.6 is 38.5 Å². The van der Waals surface area contributed by atoms with E-state index in [2.05, 4.69) is 78.5 Å². The lowest BCUT2D eigenvalue weighted by Gasteiger charge is -2.36. The van der Waals surface area contributed by atoms with Gasteiger partial charge in [0.05, 0.1) is 3.57 Å². The van der Waals surface area contributed by atoms with Gasteiger partial charge in [0, 0.05) is 4.47 Å². The molecule has 0 aromatic heterocycles. The molecule has 0 heterocycles. The van der Waals surface area contributed by atoms with Crippen molar-refractivity contribution < 1.29 is 4.43 Å². The average molecular weight is 413 g/mol. The van der Waals surface area contributed by atoms with Gasteiger partial charge in [0.25, 0.3) is 8.32 Å². The average Bonchev–Trinajstić information content (AvgIpc) is 2.08. The van der Waals surface area contributed by atoms with Crippen LogP contribution in [0, 0.1) is 3.57 Å². The van der Waals surface area contributed by atoms with Crippen molar-refractivity contribution in [2.24, 2.45) is 0 Å². The lowest BCUT2D eigenvalue weighted by molar-refractivity contribution is 0.489. The summed E-state index contributed by atoms with van der Waals surface area (Å²) in [4.78, 5) is 0. The Morgan fingerprint density at radius 2 is 1.81 bits per heavy atom. The Labute approximate surface area is 121 Å². The Morgan fingerprint density at radius 3 is 2.25 bits per heavy atom. The topological polar surface area (TPSA) is 9.23 Å². The summed E-state index contributed by atoms with van der Waals surface area (Å²) in [5.41, 5.74) is 0. The second-order valence-electron chi connectivity index (χ2n) is 5.44. The van der Waals surface area contributed by atoms with E-state index in [-0.39, 0.29) is 5.04 Å². The van der Waals surface area contributed by atoms with Crippen molar-refractivity contribution in [1.82, 2.24) is 0 Å². The molecule has 1 aromatic rings. The fourth-order valence-electron chi connectivity index (χ4n) is 0.986. The molecule has 1 aromatic carbocycles. The van der Waals surface area contributed by atoms with E-state index in [0.29, 0.717) is 0 Å². The van der Waals surface area contributed by atoms with E-state index in [1.54, 1.807) is 0 Å². The molecule has 0 aliphatic carbocycles. The summed E-state index contributed by atoms with van der Waals surface area (Å²) >= 11 is 5.79. The standard InChI is InChI=1S/C12H18BrIOSi/c1-12(2,3)16(4,5)15-11-7-6-9(13)8-10(11)14/h6-8H,1-5H3. The molecular formula is C12H18BrIOSi. The molecule has 90 valence electrons. The summed E-state index contributed by atoms with van der Waals surface area (Å²) < 4.78 is 8.52. The monoisotopic (exact) mass is 412 g/mol. The second kappa shape index (κ2) is 4.98. The Balaban J connectivity index is 2.97. The second-order valence-corrected chi connectivity index (χ2v) is 12.2. The van der Waals surface area contributed by atoms with Crippen molar-refractivity contribution in [1.29, 1.82) is 0 Å². The van der Waals surface area contributed by atoms with Crippen molar-refractivity contribution in [3.05, 3.63) is 26.2 Å². The molecule has 1 nitrogen and oxygen atoms in total. The SMILES string of the molecule is CC(C)(C)[Si](C)(C)Oc1ccc(Br)cc1I. The fourth-order valence-corrected chi connectivity index (χ4v) is 3.64. The minimum absolute atomic E-state index is 0.239. The van der Waals surface area contributed by atoms with Crippen LogP contribution in [0.2, 0.25) is 18.1 Å². The first kappa shape index (κ1) is 14.5. The molecule has 0 amide bonds. The largest absolute Gasteiger partial charge is 0.543 e. The lowest BCUT2D eigenvalue weighted by Crippen LogP contribution is -2.44. The van der Waals surface area contributed by atoms with Crippen LogP contribution in [0.25, 0.3) is 0 Å². The quantitative estimate of drug-likeness (QED) is 0.464. The van der Waals surface area contributed by atoms with Crippen molar-refractivity contribution in [3.8, 4) is 5.75 Å². The van der Waals surface area contributed by atoms with Gasteiger partial charge in [0.1, 0.15) is 5.75 Å². The van der Waals surface area contributed by atoms with Gasteiger partial charge in [-0.15, -0.1) is 0 Å². The zero-order chi connectivity index (χ0) is 12.6. The van der Waals surface area contributed by atoms with Gasteiger partial charge in [-0.3, -0.25) is 0 Å². The van der Waals surface area contributed by atoms with Gasteiger partial charge in [-0.25, -0.2) is 0 Å². The third-order valence-corrected chi connectivity index (χ3v) is 8.74. The molecule has 0 N–H and O–H groups in total. The molecule has 0 bridgehead atoms. The van der Waals surface area contributed by atoms with Gasteiger partial charge >= 0.3 is 0 Å². The Bertz CT molecular complexity index is 385. The van der Waals surface area contributed by atoms with E-state index < -0.39 is 8.32 Å². The smallest absolute Gasteiger partial charge is 0.250 e. The van der Waals surface area contributed by atoms with E-state index in [4.69, 9.17) is 4.43 Å². The third kappa shape index (κ3) is 3.47. The molecule has 1 rings (SSSR count). The van der Waals surface area contributed by atoms with Gasteiger partial charge in [-0.1, -0.05) is 36.7 Å². The van der Waals surface area contributed by atoms with Gasteiger partial charge in [-0.2, -0.15) is 0 Å². The van der Waals surface area contributed by atoms with Gasteiger partial charge in [0.15, 0.2) is 0 Å². The Hall–Kier alpha value is 0.447. The summed E-state index contributed by atoms with van der Waals surface area (Å²) in [5, 5.41) is 0.239. The maximum Gasteiger partial charge on any atom is 0.250 e. The zero-order valence-corrected chi connectivity index (χ0v) is 15.1. The maximum atomic E-state index is 6.26. The van der Waals surface area contributed by atoms with Crippen LogP contribution in [0.4, 0.5) is 0 Å². The van der Waals surface area contributed by atoms with Crippen LogP contribution in [0.15, 0.2) is 22.7 Å². The van der Waals surface area contributed by atoms with Crippen LogP contribution in [0.3, 0.4) is 0 Å². The molecule has 0 spiro atoms. The van der Waals surface area contributed by atoms with E-state index in [0.717, 1.165) is 13.8 Å². The van der Waals surface area contributed by atoms with Crippen LogP contribution < -0.4 is 4.43 Å². The Kier molecular flexibility index (Phi) is 4.51. The minimum Gasteiger partial charge on any atom is -0.543 e. The maximum absolute atomic E-state index is 6.26. The molecule has 0 aliphatic rings. The van der Waals surface area contributed by atoms with Crippen LogP contribution in [0.1, 0.15) is 20.8 Å². The summed E-state index contributed by atoms with van der Waals surface area (Å²) in [6.07, 6.45) is 0. The summed E-state index contributed by atoms with van der Waals surface area (Å²) in [6.45, 7) is 11.3. The highest BCUT2D eigenvalue weighted by Gasteiger charge is 2.39. The molecule has 0 aliphatic heterocycles.